The monoisotopic (exact) mass is 400 g/mol. The van der Waals surface area contributed by atoms with Crippen LogP contribution in [0.15, 0.2) is 48.5 Å². The molecule has 0 fully saturated rings. The summed E-state index contributed by atoms with van der Waals surface area (Å²) in [6.45, 7) is 3.92. The molecule has 2 aromatic rings. The van der Waals surface area contributed by atoms with Crippen LogP contribution in [0.25, 0.3) is 0 Å². The first-order chi connectivity index (χ1) is 11.8. The molecule has 0 saturated heterocycles. The lowest BCUT2D eigenvalue weighted by atomic mass is 9.94. The maximum atomic E-state index is 12.8. The number of urea groups is 1. The smallest absolute Gasteiger partial charge is 0.327 e. The molecule has 0 aliphatic carbocycles. The lowest BCUT2D eigenvalue weighted by Crippen LogP contribution is -2.48. The van der Waals surface area contributed by atoms with Gasteiger partial charge in [0, 0.05) is 15.9 Å². The fourth-order valence-corrected chi connectivity index (χ4v) is 2.84. The highest BCUT2D eigenvalue weighted by atomic mass is 35.5. The number of amides is 2. The van der Waals surface area contributed by atoms with E-state index in [9.17, 15) is 4.79 Å². The van der Waals surface area contributed by atoms with Crippen molar-refractivity contribution in [1.82, 2.24) is 5.32 Å². The average molecular weight is 402 g/mol. The molecule has 134 valence electrons. The zero-order valence-electron chi connectivity index (χ0n) is 13.9. The van der Waals surface area contributed by atoms with Crippen molar-refractivity contribution < 1.29 is 9.63 Å². The number of carbonyl (C=O) groups is 1. The Morgan fingerprint density at radius 1 is 1.12 bits per heavy atom. The fraction of sp³-hybridized carbons (Fsp3) is 0.278. The first-order valence-corrected chi connectivity index (χ1v) is 8.95. The van der Waals surface area contributed by atoms with Gasteiger partial charge in [0.1, 0.15) is 0 Å². The van der Waals surface area contributed by atoms with Crippen molar-refractivity contribution in [2.24, 2.45) is 0 Å². The van der Waals surface area contributed by atoms with Crippen LogP contribution in [-0.4, -0.2) is 18.5 Å². The van der Waals surface area contributed by atoms with Gasteiger partial charge in [-0.2, -0.15) is 5.06 Å². The van der Waals surface area contributed by atoms with E-state index in [1.807, 2.05) is 32.0 Å². The zero-order chi connectivity index (χ0) is 18.4. The van der Waals surface area contributed by atoms with Crippen LogP contribution in [0.5, 0.6) is 0 Å². The minimum atomic E-state index is -0.719. The number of carbonyl (C=O) groups excluding carboxylic acids is 1. The minimum Gasteiger partial charge on any atom is -0.327 e. The van der Waals surface area contributed by atoms with Crippen LogP contribution in [-0.2, 0) is 10.4 Å². The van der Waals surface area contributed by atoms with Gasteiger partial charge in [0.25, 0.3) is 0 Å². The third kappa shape index (κ3) is 5.51. The highest BCUT2D eigenvalue weighted by Crippen LogP contribution is 2.28. The molecule has 1 N–H and O–H groups in total. The molecule has 0 bridgehead atoms. The first-order valence-electron chi connectivity index (χ1n) is 7.66. The van der Waals surface area contributed by atoms with E-state index in [-0.39, 0.29) is 12.5 Å². The number of halogens is 3. The largest absolute Gasteiger partial charge is 0.346 e. The molecule has 0 atom stereocenters. The summed E-state index contributed by atoms with van der Waals surface area (Å²) in [7, 11) is 0. The third-order valence-corrected chi connectivity index (χ3v) is 4.07. The molecule has 0 saturated carbocycles. The van der Waals surface area contributed by atoms with E-state index in [0.29, 0.717) is 15.7 Å². The molecule has 0 spiro atoms. The molecular weight excluding hydrogens is 383 g/mol. The Morgan fingerprint density at radius 3 is 2.28 bits per heavy atom. The van der Waals surface area contributed by atoms with Gasteiger partial charge in [0.15, 0.2) is 0 Å². The Kier molecular flexibility index (Phi) is 6.96. The first kappa shape index (κ1) is 19.9. The van der Waals surface area contributed by atoms with Gasteiger partial charge in [0.05, 0.1) is 17.8 Å². The second-order valence-corrected chi connectivity index (χ2v) is 7.12. The van der Waals surface area contributed by atoms with Gasteiger partial charge in [-0.3, -0.25) is 4.84 Å². The average Bonchev–Trinajstić information content (AvgIpc) is 2.55. The number of alkyl halides is 1. The van der Waals surface area contributed by atoms with Crippen molar-refractivity contribution in [3.05, 3.63) is 64.1 Å². The second kappa shape index (κ2) is 8.77. The Labute approximate surface area is 162 Å². The van der Waals surface area contributed by atoms with Crippen LogP contribution >= 0.6 is 34.8 Å². The zero-order valence-corrected chi connectivity index (χ0v) is 16.2. The summed E-state index contributed by atoms with van der Waals surface area (Å²) in [5.41, 5.74) is 0.664. The van der Waals surface area contributed by atoms with Crippen molar-refractivity contribution in [1.29, 1.82) is 0 Å². The van der Waals surface area contributed by atoms with Gasteiger partial charge < -0.3 is 5.32 Å². The molecule has 2 amide bonds. The van der Waals surface area contributed by atoms with E-state index in [0.717, 1.165) is 5.56 Å². The highest BCUT2D eigenvalue weighted by molar-refractivity contribution is 6.34. The molecular formula is C18H19Cl3N2O2. The summed E-state index contributed by atoms with van der Waals surface area (Å²) < 4.78 is 0. The summed E-state index contributed by atoms with van der Waals surface area (Å²) in [5.74, 6) is 0.268. The number of nitrogens with zero attached hydrogens (tertiary/aromatic N) is 1. The van der Waals surface area contributed by atoms with Gasteiger partial charge in [-0.1, -0.05) is 41.4 Å². The van der Waals surface area contributed by atoms with Crippen LogP contribution in [0.4, 0.5) is 10.5 Å². The number of para-hydroxylation sites is 1. The Bertz CT molecular complexity index is 703. The number of nitrogens with one attached hydrogen (secondary N) is 1. The van der Waals surface area contributed by atoms with Crippen molar-refractivity contribution >= 4 is 46.5 Å². The van der Waals surface area contributed by atoms with E-state index in [4.69, 9.17) is 39.6 Å². The SMILES string of the molecule is CC(C)(NC(=O)N(OCCCl)c1ccccc1)c1cc(Cl)cc(Cl)c1. The maximum absolute atomic E-state index is 12.8. The third-order valence-electron chi connectivity index (χ3n) is 3.48. The van der Waals surface area contributed by atoms with Crippen molar-refractivity contribution in [3.8, 4) is 0 Å². The fourth-order valence-electron chi connectivity index (χ4n) is 2.24. The highest BCUT2D eigenvalue weighted by Gasteiger charge is 2.27. The lowest BCUT2D eigenvalue weighted by molar-refractivity contribution is 0.124. The molecule has 0 aliphatic rings. The predicted octanol–water partition coefficient (Wildman–Crippen LogP) is 5.62. The molecule has 0 heterocycles. The number of hydrogen-bond acceptors (Lipinski definition) is 2. The Morgan fingerprint density at radius 2 is 1.72 bits per heavy atom. The Hall–Kier alpha value is -1.46. The minimum absolute atomic E-state index is 0.202. The molecule has 0 aliphatic heterocycles. The molecule has 0 aromatic heterocycles. The molecule has 4 nitrogen and oxygen atoms in total. The van der Waals surface area contributed by atoms with E-state index in [2.05, 4.69) is 5.32 Å². The van der Waals surface area contributed by atoms with E-state index in [1.54, 1.807) is 30.3 Å². The summed E-state index contributed by atoms with van der Waals surface area (Å²) in [6, 6.07) is 13.8. The number of anilines is 1. The number of hydroxylamine groups is 1. The van der Waals surface area contributed by atoms with Gasteiger partial charge in [-0.05, 0) is 49.7 Å². The predicted molar refractivity (Wildman–Crippen MR) is 104 cm³/mol. The molecule has 7 heteroatoms. The van der Waals surface area contributed by atoms with E-state index in [1.165, 1.54) is 5.06 Å². The summed E-state index contributed by atoms with van der Waals surface area (Å²) in [5, 5.41) is 5.13. The van der Waals surface area contributed by atoms with Crippen LogP contribution in [0.2, 0.25) is 10.0 Å². The van der Waals surface area contributed by atoms with Crippen LogP contribution in [0, 0.1) is 0 Å². The van der Waals surface area contributed by atoms with E-state index < -0.39 is 11.6 Å². The van der Waals surface area contributed by atoms with Crippen LogP contribution < -0.4 is 10.4 Å². The van der Waals surface area contributed by atoms with Crippen molar-refractivity contribution in [2.45, 2.75) is 19.4 Å². The van der Waals surface area contributed by atoms with Gasteiger partial charge >= 0.3 is 6.03 Å². The molecule has 0 radical (unpaired) electrons. The van der Waals surface area contributed by atoms with Crippen LogP contribution in [0.1, 0.15) is 19.4 Å². The number of benzene rings is 2. The van der Waals surface area contributed by atoms with Gasteiger partial charge in [-0.15, -0.1) is 11.6 Å². The molecule has 2 aromatic carbocycles. The van der Waals surface area contributed by atoms with E-state index >= 15 is 0 Å². The quantitative estimate of drug-likeness (QED) is 0.504. The van der Waals surface area contributed by atoms with Crippen LogP contribution in [0.3, 0.4) is 0 Å². The normalized spacial score (nSPS) is 11.2. The summed E-state index contributed by atoms with van der Waals surface area (Å²) in [4.78, 5) is 18.3. The van der Waals surface area contributed by atoms with Gasteiger partial charge in [-0.25, -0.2) is 4.79 Å². The maximum Gasteiger partial charge on any atom is 0.346 e. The molecule has 2 rings (SSSR count). The molecule has 0 unspecified atom stereocenters. The number of rotatable bonds is 6. The topological polar surface area (TPSA) is 41.6 Å². The lowest BCUT2D eigenvalue weighted by Gasteiger charge is -2.31. The summed E-state index contributed by atoms with van der Waals surface area (Å²) in [6.07, 6.45) is 0. The van der Waals surface area contributed by atoms with Crippen molar-refractivity contribution in [3.63, 3.8) is 0 Å². The molecule has 25 heavy (non-hydrogen) atoms. The van der Waals surface area contributed by atoms with Gasteiger partial charge in [0.2, 0.25) is 0 Å². The summed E-state index contributed by atoms with van der Waals surface area (Å²) >= 11 is 17.8. The Balaban J connectivity index is 2.23. The second-order valence-electron chi connectivity index (χ2n) is 5.87. The van der Waals surface area contributed by atoms with Crippen molar-refractivity contribution in [2.75, 3.05) is 17.6 Å². The number of hydrogen-bond donors (Lipinski definition) is 1. The standard InChI is InChI=1S/C18H19Cl3N2O2/c1-18(2,13-10-14(20)12-15(21)11-13)22-17(24)23(25-9-8-19)16-6-4-3-5-7-16/h3-7,10-12H,8-9H2,1-2H3,(H,22,24).